The molecule has 0 aliphatic carbocycles. The third-order valence-electron chi connectivity index (χ3n) is 4.33. The summed E-state index contributed by atoms with van der Waals surface area (Å²) in [5, 5.41) is 4.18. The van der Waals surface area contributed by atoms with Crippen molar-refractivity contribution >= 4 is 39.5 Å². The number of hydrogen-bond acceptors (Lipinski definition) is 3. The average Bonchev–Trinajstić information content (AvgIpc) is 3.25. The molecule has 0 spiro atoms. The van der Waals surface area contributed by atoms with Crippen LogP contribution < -0.4 is 5.32 Å². The van der Waals surface area contributed by atoms with E-state index in [9.17, 15) is 22.4 Å². The monoisotopic (exact) mass is 453 g/mol. The highest BCUT2D eigenvalue weighted by Gasteiger charge is 2.31. The van der Waals surface area contributed by atoms with Crippen molar-refractivity contribution in [3.05, 3.63) is 76.1 Å². The van der Waals surface area contributed by atoms with Gasteiger partial charge in [-0.2, -0.15) is 13.2 Å². The molecule has 0 aliphatic heterocycles. The Labute approximate surface area is 176 Å². The average molecular weight is 454 g/mol. The van der Waals surface area contributed by atoms with Crippen molar-refractivity contribution in [2.75, 3.05) is 5.32 Å². The van der Waals surface area contributed by atoms with Crippen molar-refractivity contribution in [1.82, 2.24) is 9.38 Å². The first kappa shape index (κ1) is 20.4. The summed E-state index contributed by atoms with van der Waals surface area (Å²) >= 11 is 7.24. The van der Waals surface area contributed by atoms with Crippen LogP contribution in [0.25, 0.3) is 16.2 Å². The predicted octanol–water partition coefficient (Wildman–Crippen LogP) is 6.06. The number of nitrogens with zero attached hydrogens (tertiary/aromatic N) is 2. The van der Waals surface area contributed by atoms with Crippen LogP contribution in [-0.2, 0) is 17.4 Å². The topological polar surface area (TPSA) is 46.4 Å². The molecule has 0 saturated carbocycles. The molecule has 30 heavy (non-hydrogen) atoms. The molecular weight excluding hydrogens is 442 g/mol. The molecule has 2 aromatic carbocycles. The number of amides is 1. The zero-order valence-electron chi connectivity index (χ0n) is 15.0. The van der Waals surface area contributed by atoms with Gasteiger partial charge in [0.2, 0.25) is 5.91 Å². The molecule has 0 radical (unpaired) electrons. The van der Waals surface area contributed by atoms with E-state index in [1.54, 1.807) is 28.1 Å². The fourth-order valence-electron chi connectivity index (χ4n) is 2.87. The lowest BCUT2D eigenvalue weighted by Gasteiger charge is -2.11. The third kappa shape index (κ3) is 4.17. The molecule has 0 saturated heterocycles. The van der Waals surface area contributed by atoms with Gasteiger partial charge < -0.3 is 5.32 Å². The number of fused-ring (bicyclic) bond motifs is 1. The molecule has 154 valence electrons. The lowest BCUT2D eigenvalue weighted by molar-refractivity contribution is -0.137. The zero-order chi connectivity index (χ0) is 21.5. The third-order valence-corrected chi connectivity index (χ3v) is 5.55. The summed E-state index contributed by atoms with van der Waals surface area (Å²) in [4.78, 5) is 17.5. The first-order valence-corrected chi connectivity index (χ1v) is 9.84. The van der Waals surface area contributed by atoms with Crippen molar-refractivity contribution in [1.29, 1.82) is 0 Å². The summed E-state index contributed by atoms with van der Waals surface area (Å²) < 4.78 is 53.5. The molecule has 0 bridgehead atoms. The molecule has 4 nitrogen and oxygen atoms in total. The van der Waals surface area contributed by atoms with E-state index in [2.05, 4.69) is 10.3 Å². The van der Waals surface area contributed by atoms with Crippen molar-refractivity contribution < 1.29 is 22.4 Å². The van der Waals surface area contributed by atoms with Gasteiger partial charge in [-0.1, -0.05) is 11.6 Å². The molecule has 4 aromatic rings. The van der Waals surface area contributed by atoms with Gasteiger partial charge in [0.15, 0.2) is 4.96 Å². The van der Waals surface area contributed by atoms with Gasteiger partial charge in [0.05, 0.1) is 28.4 Å². The second-order valence-corrected chi connectivity index (χ2v) is 7.67. The molecule has 4 rings (SSSR count). The lowest BCUT2D eigenvalue weighted by atomic mass is 10.2. The van der Waals surface area contributed by atoms with Gasteiger partial charge in [-0.25, -0.2) is 9.37 Å². The minimum absolute atomic E-state index is 0.00745. The van der Waals surface area contributed by atoms with E-state index in [0.29, 0.717) is 16.3 Å². The molecule has 2 heterocycles. The molecule has 0 unspecified atom stereocenters. The number of thiazole rings is 1. The minimum Gasteiger partial charge on any atom is -0.324 e. The Kier molecular flexibility index (Phi) is 5.25. The normalized spacial score (nSPS) is 11.8. The van der Waals surface area contributed by atoms with Crippen LogP contribution in [0.4, 0.5) is 23.2 Å². The summed E-state index contributed by atoms with van der Waals surface area (Å²) in [6.07, 6.45) is -2.91. The van der Waals surface area contributed by atoms with Crippen LogP contribution in [0.15, 0.2) is 54.0 Å². The molecular formula is C20H12ClF4N3OS. The fourth-order valence-corrected chi connectivity index (χ4v) is 3.91. The van der Waals surface area contributed by atoms with Gasteiger partial charge in [0, 0.05) is 22.8 Å². The minimum atomic E-state index is -4.54. The highest BCUT2D eigenvalue weighted by Crippen LogP contribution is 2.34. The van der Waals surface area contributed by atoms with Crippen LogP contribution in [0, 0.1) is 5.82 Å². The first-order valence-electron chi connectivity index (χ1n) is 8.59. The van der Waals surface area contributed by atoms with Crippen LogP contribution in [0.5, 0.6) is 0 Å². The number of carbonyl (C=O) groups excluding carboxylic acids is 1. The fraction of sp³-hybridized carbons (Fsp3) is 0.100. The van der Waals surface area contributed by atoms with Gasteiger partial charge in [0.1, 0.15) is 5.82 Å². The Hall–Kier alpha value is -2.91. The number of hydrogen-bond donors (Lipinski definition) is 1. The maximum atomic E-state index is 13.1. The summed E-state index contributed by atoms with van der Waals surface area (Å²) in [6.45, 7) is 0. The predicted molar refractivity (Wildman–Crippen MR) is 107 cm³/mol. The van der Waals surface area contributed by atoms with E-state index in [1.807, 2.05) is 0 Å². The maximum absolute atomic E-state index is 13.1. The second-order valence-electron chi connectivity index (χ2n) is 6.43. The van der Waals surface area contributed by atoms with E-state index in [4.69, 9.17) is 11.6 Å². The van der Waals surface area contributed by atoms with Crippen LogP contribution >= 0.6 is 22.9 Å². The smallest absolute Gasteiger partial charge is 0.324 e. The van der Waals surface area contributed by atoms with Gasteiger partial charge in [-0.3, -0.25) is 9.20 Å². The molecule has 0 aliphatic rings. The Morgan fingerprint density at radius 3 is 2.60 bits per heavy atom. The maximum Gasteiger partial charge on any atom is 0.416 e. The second kappa shape index (κ2) is 7.73. The van der Waals surface area contributed by atoms with Crippen molar-refractivity contribution in [3.63, 3.8) is 0 Å². The Morgan fingerprint density at radius 2 is 1.90 bits per heavy atom. The van der Waals surface area contributed by atoms with Crippen LogP contribution in [0.2, 0.25) is 5.02 Å². The summed E-state index contributed by atoms with van der Waals surface area (Å²) in [5.41, 5.74) is 0.929. The Balaban J connectivity index is 1.55. The zero-order valence-corrected chi connectivity index (χ0v) is 16.6. The number of halogens is 5. The molecule has 1 amide bonds. The quantitative estimate of drug-likeness (QED) is 0.382. The number of alkyl halides is 3. The molecule has 0 fully saturated rings. The van der Waals surface area contributed by atoms with Gasteiger partial charge in [-0.15, -0.1) is 11.3 Å². The van der Waals surface area contributed by atoms with Crippen molar-refractivity contribution in [2.45, 2.75) is 12.6 Å². The highest BCUT2D eigenvalue weighted by atomic mass is 35.5. The number of aromatic nitrogens is 2. The highest BCUT2D eigenvalue weighted by molar-refractivity contribution is 7.15. The van der Waals surface area contributed by atoms with E-state index in [-0.39, 0.29) is 22.9 Å². The molecule has 0 atom stereocenters. The van der Waals surface area contributed by atoms with Gasteiger partial charge in [0.25, 0.3) is 0 Å². The van der Waals surface area contributed by atoms with Crippen LogP contribution in [-0.4, -0.2) is 15.3 Å². The number of benzene rings is 2. The number of imidazole rings is 1. The van der Waals surface area contributed by atoms with Crippen LogP contribution in [0.1, 0.15) is 11.3 Å². The van der Waals surface area contributed by atoms with E-state index >= 15 is 0 Å². The first-order chi connectivity index (χ1) is 14.2. The van der Waals surface area contributed by atoms with Gasteiger partial charge in [-0.05, 0) is 42.5 Å². The summed E-state index contributed by atoms with van der Waals surface area (Å²) in [6, 6.07) is 8.60. The standard InChI is InChI=1S/C20H12ClF4N3OS/c21-15-6-3-12(20(23,24)25)7-16(15)26-18(29)8-14-10-30-19-27-17(9-28(14)19)11-1-4-13(22)5-2-11/h1-7,9-10H,8H2,(H,26,29). The Bertz CT molecular complexity index is 1230. The van der Waals surface area contributed by atoms with Gasteiger partial charge >= 0.3 is 6.18 Å². The van der Waals surface area contributed by atoms with E-state index < -0.39 is 17.6 Å². The molecule has 2 aromatic heterocycles. The summed E-state index contributed by atoms with van der Waals surface area (Å²) in [5.74, 6) is -0.877. The SMILES string of the molecule is O=C(Cc1csc2nc(-c3ccc(F)cc3)cn12)Nc1cc(C(F)(F)F)ccc1Cl. The number of carbonyl (C=O) groups is 1. The summed E-state index contributed by atoms with van der Waals surface area (Å²) in [7, 11) is 0. The number of nitrogens with one attached hydrogen (secondary N) is 1. The Morgan fingerprint density at radius 1 is 1.17 bits per heavy atom. The van der Waals surface area contributed by atoms with Crippen molar-refractivity contribution in [3.8, 4) is 11.3 Å². The number of rotatable bonds is 4. The van der Waals surface area contributed by atoms with Crippen molar-refractivity contribution in [2.24, 2.45) is 0 Å². The molecule has 1 N–H and O–H groups in total. The molecule has 10 heteroatoms. The lowest BCUT2D eigenvalue weighted by Crippen LogP contribution is -2.16. The van der Waals surface area contributed by atoms with Crippen LogP contribution in [0.3, 0.4) is 0 Å². The largest absolute Gasteiger partial charge is 0.416 e. The van der Waals surface area contributed by atoms with E-state index in [1.165, 1.54) is 23.5 Å². The van der Waals surface area contributed by atoms with E-state index in [0.717, 1.165) is 23.8 Å². The number of anilines is 1.